The van der Waals surface area contributed by atoms with Crippen LogP contribution in [0.25, 0.3) is 0 Å². The standard InChI is InChI=1S/C12H15F2NO/c1-3-4-12(16)15-8(2)9-5-6-10(13)11(14)7-9/h5-8H,3-4H2,1-2H3,(H,15,16)/t8-/m0/s1. The summed E-state index contributed by atoms with van der Waals surface area (Å²) in [5.74, 6) is -1.86. The van der Waals surface area contributed by atoms with E-state index in [-0.39, 0.29) is 11.9 Å². The van der Waals surface area contributed by atoms with Gasteiger partial charge in [-0.05, 0) is 31.0 Å². The number of benzene rings is 1. The Morgan fingerprint density at radius 3 is 2.62 bits per heavy atom. The number of carbonyl (C=O) groups is 1. The van der Waals surface area contributed by atoms with Crippen molar-refractivity contribution in [1.29, 1.82) is 0 Å². The van der Waals surface area contributed by atoms with Gasteiger partial charge in [-0.25, -0.2) is 8.78 Å². The third-order valence-corrected chi connectivity index (χ3v) is 2.30. The molecule has 0 aliphatic rings. The van der Waals surface area contributed by atoms with Gasteiger partial charge in [-0.2, -0.15) is 0 Å². The maximum absolute atomic E-state index is 12.9. The fraction of sp³-hybridized carbons (Fsp3) is 0.417. The minimum Gasteiger partial charge on any atom is -0.350 e. The molecule has 1 aromatic carbocycles. The lowest BCUT2D eigenvalue weighted by Crippen LogP contribution is -2.26. The van der Waals surface area contributed by atoms with Gasteiger partial charge in [0.1, 0.15) is 0 Å². The van der Waals surface area contributed by atoms with Crippen LogP contribution in [0.15, 0.2) is 18.2 Å². The Morgan fingerprint density at radius 1 is 1.38 bits per heavy atom. The highest BCUT2D eigenvalue weighted by Crippen LogP contribution is 2.15. The lowest BCUT2D eigenvalue weighted by Gasteiger charge is -2.14. The van der Waals surface area contributed by atoms with Crippen molar-refractivity contribution >= 4 is 5.91 Å². The predicted octanol–water partition coefficient (Wildman–Crippen LogP) is 2.94. The first-order chi connectivity index (χ1) is 7.54. The van der Waals surface area contributed by atoms with Crippen LogP contribution >= 0.6 is 0 Å². The molecule has 0 fully saturated rings. The summed E-state index contributed by atoms with van der Waals surface area (Å²) in [6.07, 6.45) is 1.20. The summed E-state index contributed by atoms with van der Waals surface area (Å²) in [6, 6.07) is 3.32. The molecule has 0 unspecified atom stereocenters. The van der Waals surface area contributed by atoms with E-state index in [4.69, 9.17) is 0 Å². The third kappa shape index (κ3) is 3.29. The molecule has 0 aromatic heterocycles. The molecule has 0 spiro atoms. The summed E-state index contributed by atoms with van der Waals surface area (Å²) < 4.78 is 25.6. The second-order valence-electron chi connectivity index (χ2n) is 3.71. The van der Waals surface area contributed by atoms with Gasteiger partial charge < -0.3 is 5.32 Å². The Bertz CT molecular complexity index is 379. The lowest BCUT2D eigenvalue weighted by molar-refractivity contribution is -0.121. The van der Waals surface area contributed by atoms with E-state index in [9.17, 15) is 13.6 Å². The molecule has 1 atom stereocenters. The second kappa shape index (κ2) is 5.58. The van der Waals surface area contributed by atoms with Crippen molar-refractivity contribution in [1.82, 2.24) is 5.32 Å². The quantitative estimate of drug-likeness (QED) is 0.841. The van der Waals surface area contributed by atoms with Gasteiger partial charge in [0.15, 0.2) is 11.6 Å². The molecule has 1 amide bonds. The molecule has 0 bridgehead atoms. The monoisotopic (exact) mass is 227 g/mol. The van der Waals surface area contributed by atoms with Crippen LogP contribution in [0.1, 0.15) is 38.3 Å². The van der Waals surface area contributed by atoms with E-state index in [0.29, 0.717) is 12.0 Å². The average Bonchev–Trinajstić information content (AvgIpc) is 2.22. The highest BCUT2D eigenvalue weighted by atomic mass is 19.2. The Hall–Kier alpha value is -1.45. The van der Waals surface area contributed by atoms with Crippen LogP contribution in [-0.2, 0) is 4.79 Å². The summed E-state index contributed by atoms with van der Waals surface area (Å²) in [5.41, 5.74) is 0.559. The maximum Gasteiger partial charge on any atom is 0.220 e. The summed E-state index contributed by atoms with van der Waals surface area (Å²) in [6.45, 7) is 3.64. The van der Waals surface area contributed by atoms with Gasteiger partial charge in [-0.1, -0.05) is 13.0 Å². The van der Waals surface area contributed by atoms with Crippen molar-refractivity contribution in [3.05, 3.63) is 35.4 Å². The van der Waals surface area contributed by atoms with Crippen molar-refractivity contribution < 1.29 is 13.6 Å². The molecule has 1 rings (SSSR count). The number of hydrogen-bond donors (Lipinski definition) is 1. The van der Waals surface area contributed by atoms with Gasteiger partial charge in [0, 0.05) is 6.42 Å². The van der Waals surface area contributed by atoms with Crippen LogP contribution in [-0.4, -0.2) is 5.91 Å². The molecule has 1 N–H and O–H groups in total. The zero-order valence-corrected chi connectivity index (χ0v) is 9.39. The summed E-state index contributed by atoms with van der Waals surface area (Å²) >= 11 is 0. The van der Waals surface area contributed by atoms with Crippen LogP contribution in [0.4, 0.5) is 8.78 Å². The Balaban J connectivity index is 2.69. The molecule has 0 aliphatic carbocycles. The Kier molecular flexibility index (Phi) is 4.40. The number of amides is 1. The molecule has 0 radical (unpaired) electrons. The molecule has 0 saturated carbocycles. The zero-order chi connectivity index (χ0) is 12.1. The first-order valence-corrected chi connectivity index (χ1v) is 5.29. The van der Waals surface area contributed by atoms with E-state index in [1.54, 1.807) is 6.92 Å². The summed E-state index contributed by atoms with van der Waals surface area (Å²) in [5, 5.41) is 2.72. The highest BCUT2D eigenvalue weighted by Gasteiger charge is 2.11. The van der Waals surface area contributed by atoms with Gasteiger partial charge >= 0.3 is 0 Å². The fourth-order valence-electron chi connectivity index (χ4n) is 1.41. The maximum atomic E-state index is 12.9. The van der Waals surface area contributed by atoms with E-state index in [0.717, 1.165) is 18.6 Å². The first-order valence-electron chi connectivity index (χ1n) is 5.29. The number of nitrogens with one attached hydrogen (secondary N) is 1. The molecule has 1 aromatic rings. The molecule has 2 nitrogen and oxygen atoms in total. The smallest absolute Gasteiger partial charge is 0.220 e. The van der Waals surface area contributed by atoms with E-state index >= 15 is 0 Å². The lowest BCUT2D eigenvalue weighted by atomic mass is 10.1. The fourth-order valence-corrected chi connectivity index (χ4v) is 1.41. The number of rotatable bonds is 4. The first kappa shape index (κ1) is 12.6. The minimum atomic E-state index is -0.894. The summed E-state index contributed by atoms with van der Waals surface area (Å²) in [4.78, 5) is 11.3. The third-order valence-electron chi connectivity index (χ3n) is 2.30. The van der Waals surface area contributed by atoms with E-state index < -0.39 is 11.6 Å². The van der Waals surface area contributed by atoms with Gasteiger partial charge in [0.05, 0.1) is 6.04 Å². The van der Waals surface area contributed by atoms with Crippen molar-refractivity contribution in [2.75, 3.05) is 0 Å². The number of halogens is 2. The van der Waals surface area contributed by atoms with Crippen LogP contribution in [0.2, 0.25) is 0 Å². The molecular formula is C12H15F2NO. The topological polar surface area (TPSA) is 29.1 Å². The molecular weight excluding hydrogens is 212 g/mol. The second-order valence-corrected chi connectivity index (χ2v) is 3.71. The minimum absolute atomic E-state index is 0.0836. The molecule has 0 aliphatic heterocycles. The molecule has 0 saturated heterocycles. The van der Waals surface area contributed by atoms with Crippen molar-refractivity contribution in [2.24, 2.45) is 0 Å². The number of hydrogen-bond acceptors (Lipinski definition) is 1. The largest absolute Gasteiger partial charge is 0.350 e. The molecule has 4 heteroatoms. The van der Waals surface area contributed by atoms with E-state index in [2.05, 4.69) is 5.32 Å². The van der Waals surface area contributed by atoms with Gasteiger partial charge in [-0.15, -0.1) is 0 Å². The van der Waals surface area contributed by atoms with Crippen molar-refractivity contribution in [3.8, 4) is 0 Å². The van der Waals surface area contributed by atoms with Crippen molar-refractivity contribution in [2.45, 2.75) is 32.7 Å². The van der Waals surface area contributed by atoms with Crippen LogP contribution in [0, 0.1) is 11.6 Å². The molecule has 16 heavy (non-hydrogen) atoms. The normalized spacial score (nSPS) is 12.2. The average molecular weight is 227 g/mol. The van der Waals surface area contributed by atoms with Gasteiger partial charge in [-0.3, -0.25) is 4.79 Å². The number of carbonyl (C=O) groups excluding carboxylic acids is 1. The van der Waals surface area contributed by atoms with E-state index in [1.165, 1.54) is 6.07 Å². The predicted molar refractivity (Wildman–Crippen MR) is 57.8 cm³/mol. The van der Waals surface area contributed by atoms with Crippen LogP contribution in [0.5, 0.6) is 0 Å². The Morgan fingerprint density at radius 2 is 2.06 bits per heavy atom. The van der Waals surface area contributed by atoms with Gasteiger partial charge in [0.25, 0.3) is 0 Å². The highest BCUT2D eigenvalue weighted by molar-refractivity contribution is 5.76. The zero-order valence-electron chi connectivity index (χ0n) is 9.39. The Labute approximate surface area is 93.7 Å². The molecule has 0 heterocycles. The van der Waals surface area contributed by atoms with Crippen LogP contribution in [0.3, 0.4) is 0 Å². The van der Waals surface area contributed by atoms with Crippen LogP contribution < -0.4 is 5.32 Å². The molecule has 88 valence electrons. The van der Waals surface area contributed by atoms with Crippen molar-refractivity contribution in [3.63, 3.8) is 0 Å². The van der Waals surface area contributed by atoms with Gasteiger partial charge in [0.2, 0.25) is 5.91 Å². The summed E-state index contributed by atoms with van der Waals surface area (Å²) in [7, 11) is 0. The van der Waals surface area contributed by atoms with E-state index in [1.807, 2.05) is 6.92 Å². The SMILES string of the molecule is CCCC(=O)N[C@@H](C)c1ccc(F)c(F)c1.